The van der Waals surface area contributed by atoms with Crippen LogP contribution in [-0.2, 0) is 6.42 Å². The molecule has 0 aliphatic rings. The normalized spacial score (nSPS) is 10.3. The van der Waals surface area contributed by atoms with Crippen molar-refractivity contribution in [2.24, 2.45) is 0 Å². The maximum atomic E-state index is 5.90. The summed E-state index contributed by atoms with van der Waals surface area (Å²) in [6.45, 7) is 1.91. The Bertz CT molecular complexity index is 508. The topological polar surface area (TPSA) is 35.0 Å². The molecule has 1 heterocycles. The fourth-order valence-corrected chi connectivity index (χ4v) is 1.89. The maximum Gasteiger partial charge on any atom is 0.134 e. The van der Waals surface area contributed by atoms with Gasteiger partial charge < -0.3 is 4.74 Å². The van der Waals surface area contributed by atoms with E-state index in [2.05, 4.69) is 9.97 Å². The van der Waals surface area contributed by atoms with Crippen molar-refractivity contribution in [3.63, 3.8) is 0 Å². The number of halogens is 1. The van der Waals surface area contributed by atoms with Crippen LogP contribution in [0.4, 0.5) is 0 Å². The van der Waals surface area contributed by atoms with E-state index in [0.29, 0.717) is 11.6 Å². The van der Waals surface area contributed by atoms with E-state index >= 15 is 0 Å². The Balaban J connectivity index is 2.24. The van der Waals surface area contributed by atoms with Gasteiger partial charge >= 0.3 is 0 Å². The average Bonchev–Trinajstić information content (AvgIpc) is 2.28. The second kappa shape index (κ2) is 5.15. The summed E-state index contributed by atoms with van der Waals surface area (Å²) in [6.07, 6.45) is 0.651. The molecule has 1 aromatic carbocycles. The molecule has 17 heavy (non-hydrogen) atoms. The van der Waals surface area contributed by atoms with Crippen molar-refractivity contribution in [1.82, 2.24) is 9.97 Å². The van der Waals surface area contributed by atoms with E-state index in [-0.39, 0.29) is 0 Å². The van der Waals surface area contributed by atoms with E-state index in [4.69, 9.17) is 16.3 Å². The van der Waals surface area contributed by atoms with E-state index < -0.39 is 0 Å². The minimum Gasteiger partial charge on any atom is -0.497 e. The van der Waals surface area contributed by atoms with Crippen LogP contribution in [0.5, 0.6) is 5.75 Å². The SMILES string of the molecule is COc1cccc(Cc2nc(C)cc(Cl)n2)c1. The van der Waals surface area contributed by atoms with Crippen LogP contribution < -0.4 is 4.74 Å². The number of methoxy groups -OCH3 is 1. The lowest BCUT2D eigenvalue weighted by Gasteiger charge is -2.04. The predicted molar refractivity (Wildman–Crippen MR) is 67.6 cm³/mol. The minimum absolute atomic E-state index is 0.482. The highest BCUT2D eigenvalue weighted by Gasteiger charge is 2.03. The molecule has 0 saturated heterocycles. The van der Waals surface area contributed by atoms with Gasteiger partial charge in [-0.05, 0) is 30.7 Å². The van der Waals surface area contributed by atoms with Gasteiger partial charge in [-0.2, -0.15) is 0 Å². The van der Waals surface area contributed by atoms with Crippen LogP contribution >= 0.6 is 11.6 Å². The molecule has 0 aliphatic carbocycles. The third-order valence-corrected chi connectivity index (χ3v) is 2.56. The first-order valence-corrected chi connectivity index (χ1v) is 5.68. The standard InChI is InChI=1S/C13H13ClN2O/c1-9-6-12(14)16-13(15-9)8-10-4-3-5-11(7-10)17-2/h3-7H,8H2,1-2H3. The van der Waals surface area contributed by atoms with Gasteiger partial charge in [-0.3, -0.25) is 0 Å². The molecule has 88 valence electrons. The van der Waals surface area contributed by atoms with Crippen LogP contribution in [0.3, 0.4) is 0 Å². The van der Waals surface area contributed by atoms with E-state index in [0.717, 1.165) is 22.8 Å². The number of hydrogen-bond donors (Lipinski definition) is 0. The van der Waals surface area contributed by atoms with Crippen molar-refractivity contribution in [1.29, 1.82) is 0 Å². The molecule has 1 aromatic heterocycles. The molecule has 2 aromatic rings. The second-order valence-electron chi connectivity index (χ2n) is 3.78. The third-order valence-electron chi connectivity index (χ3n) is 2.37. The first-order valence-electron chi connectivity index (χ1n) is 5.30. The number of nitrogens with zero attached hydrogens (tertiary/aromatic N) is 2. The van der Waals surface area contributed by atoms with Gasteiger partial charge in [0.05, 0.1) is 7.11 Å². The van der Waals surface area contributed by atoms with Crippen molar-refractivity contribution in [2.75, 3.05) is 7.11 Å². The van der Waals surface area contributed by atoms with Gasteiger partial charge in [0.1, 0.15) is 16.7 Å². The van der Waals surface area contributed by atoms with Crippen LogP contribution in [-0.4, -0.2) is 17.1 Å². The number of aryl methyl sites for hydroxylation is 1. The highest BCUT2D eigenvalue weighted by molar-refractivity contribution is 6.29. The molecule has 0 unspecified atom stereocenters. The molecule has 2 rings (SSSR count). The lowest BCUT2D eigenvalue weighted by molar-refractivity contribution is 0.414. The zero-order valence-corrected chi connectivity index (χ0v) is 10.5. The van der Waals surface area contributed by atoms with Gasteiger partial charge in [-0.15, -0.1) is 0 Å². The monoisotopic (exact) mass is 248 g/mol. The Kier molecular flexibility index (Phi) is 3.59. The van der Waals surface area contributed by atoms with Crippen LogP contribution in [0.1, 0.15) is 17.1 Å². The van der Waals surface area contributed by atoms with Crippen molar-refractivity contribution in [2.45, 2.75) is 13.3 Å². The summed E-state index contributed by atoms with van der Waals surface area (Å²) in [6, 6.07) is 9.59. The Labute approximate surface area is 105 Å². The molecule has 3 nitrogen and oxygen atoms in total. The Morgan fingerprint density at radius 3 is 2.76 bits per heavy atom. The molecule has 0 radical (unpaired) electrons. The summed E-state index contributed by atoms with van der Waals surface area (Å²) < 4.78 is 5.17. The summed E-state index contributed by atoms with van der Waals surface area (Å²) in [7, 11) is 1.65. The molecule has 0 atom stereocenters. The Morgan fingerprint density at radius 2 is 2.06 bits per heavy atom. The van der Waals surface area contributed by atoms with Crippen LogP contribution in [0.2, 0.25) is 5.15 Å². The maximum absolute atomic E-state index is 5.90. The summed E-state index contributed by atoms with van der Waals surface area (Å²) in [5.74, 6) is 1.56. The summed E-state index contributed by atoms with van der Waals surface area (Å²) >= 11 is 5.90. The quantitative estimate of drug-likeness (QED) is 0.783. The molecule has 0 saturated carbocycles. The van der Waals surface area contributed by atoms with Gasteiger partial charge in [0.2, 0.25) is 0 Å². The van der Waals surface area contributed by atoms with Crippen molar-refractivity contribution < 1.29 is 4.74 Å². The number of aromatic nitrogens is 2. The highest BCUT2D eigenvalue weighted by Crippen LogP contribution is 2.15. The van der Waals surface area contributed by atoms with Gasteiger partial charge in [0.25, 0.3) is 0 Å². The largest absolute Gasteiger partial charge is 0.497 e. The van der Waals surface area contributed by atoms with Gasteiger partial charge in [-0.25, -0.2) is 9.97 Å². The molecule has 0 N–H and O–H groups in total. The first kappa shape index (κ1) is 11.9. The lowest BCUT2D eigenvalue weighted by atomic mass is 10.1. The molecule has 0 spiro atoms. The number of hydrogen-bond acceptors (Lipinski definition) is 3. The number of benzene rings is 1. The molecule has 0 bridgehead atoms. The van der Waals surface area contributed by atoms with E-state index in [1.54, 1.807) is 13.2 Å². The zero-order valence-electron chi connectivity index (χ0n) is 9.77. The summed E-state index contributed by atoms with van der Waals surface area (Å²) in [5, 5.41) is 0.482. The highest BCUT2D eigenvalue weighted by atomic mass is 35.5. The molecule has 0 fully saturated rings. The van der Waals surface area contributed by atoms with E-state index in [9.17, 15) is 0 Å². The summed E-state index contributed by atoms with van der Waals surface area (Å²) in [5.41, 5.74) is 1.98. The fraction of sp³-hybridized carbons (Fsp3) is 0.231. The average molecular weight is 249 g/mol. The van der Waals surface area contributed by atoms with Crippen LogP contribution in [0.25, 0.3) is 0 Å². The molecule has 0 aliphatic heterocycles. The number of rotatable bonds is 3. The minimum atomic E-state index is 0.482. The second-order valence-corrected chi connectivity index (χ2v) is 4.16. The van der Waals surface area contributed by atoms with Gasteiger partial charge in [0.15, 0.2) is 0 Å². The van der Waals surface area contributed by atoms with E-state index in [1.807, 2.05) is 31.2 Å². The van der Waals surface area contributed by atoms with Gasteiger partial charge in [0, 0.05) is 12.1 Å². The van der Waals surface area contributed by atoms with Gasteiger partial charge in [-0.1, -0.05) is 23.7 Å². The van der Waals surface area contributed by atoms with Crippen LogP contribution in [0, 0.1) is 6.92 Å². The predicted octanol–water partition coefficient (Wildman–Crippen LogP) is 3.04. The van der Waals surface area contributed by atoms with E-state index in [1.165, 1.54) is 0 Å². The number of ether oxygens (including phenoxy) is 1. The smallest absolute Gasteiger partial charge is 0.134 e. The molecular formula is C13H13ClN2O. The first-order chi connectivity index (χ1) is 8.17. The third kappa shape index (κ3) is 3.17. The Hall–Kier alpha value is -1.61. The van der Waals surface area contributed by atoms with Crippen molar-refractivity contribution in [3.8, 4) is 5.75 Å². The molecule has 4 heteroatoms. The lowest BCUT2D eigenvalue weighted by Crippen LogP contribution is -1.98. The zero-order chi connectivity index (χ0) is 12.3. The molecular weight excluding hydrogens is 236 g/mol. The van der Waals surface area contributed by atoms with Crippen molar-refractivity contribution >= 4 is 11.6 Å². The molecule has 0 amide bonds. The van der Waals surface area contributed by atoms with Crippen LogP contribution in [0.15, 0.2) is 30.3 Å². The Morgan fingerprint density at radius 1 is 1.24 bits per heavy atom. The summed E-state index contributed by atoms with van der Waals surface area (Å²) in [4.78, 5) is 8.55. The van der Waals surface area contributed by atoms with Crippen molar-refractivity contribution in [3.05, 3.63) is 52.6 Å². The fourth-order valence-electron chi connectivity index (χ4n) is 1.63.